The Labute approximate surface area is 127 Å². The Morgan fingerprint density at radius 2 is 1.91 bits per heavy atom. The van der Waals surface area contributed by atoms with Crippen LogP contribution in [0, 0.1) is 0 Å². The summed E-state index contributed by atoms with van der Waals surface area (Å²) in [4.78, 5) is 17.1. The summed E-state index contributed by atoms with van der Waals surface area (Å²) in [5.74, 6) is 0.893. The number of phenols is 1. The lowest BCUT2D eigenvalue weighted by Gasteiger charge is -2.10. The van der Waals surface area contributed by atoms with Crippen LogP contribution in [0.2, 0.25) is 0 Å². The fraction of sp³-hybridized carbons (Fsp3) is 0.312. The van der Waals surface area contributed by atoms with Gasteiger partial charge in [0.1, 0.15) is 17.0 Å². The van der Waals surface area contributed by atoms with E-state index in [0.717, 1.165) is 5.56 Å². The van der Waals surface area contributed by atoms with E-state index in [2.05, 4.69) is 10.1 Å². The molecule has 0 radical (unpaired) electrons. The number of aromatic nitrogens is 4. The molecule has 0 spiro atoms. The van der Waals surface area contributed by atoms with Gasteiger partial charge >= 0.3 is 0 Å². The Bertz CT molecular complexity index is 876. The maximum atomic E-state index is 12.5. The molecule has 3 rings (SSSR count). The smallest absolute Gasteiger partial charge is 0.264 e. The normalized spacial score (nSPS) is 11.5. The van der Waals surface area contributed by atoms with Crippen molar-refractivity contribution in [3.63, 3.8) is 0 Å². The highest BCUT2D eigenvalue weighted by atomic mass is 16.3. The number of fused-ring (bicyclic) bond motifs is 1. The maximum absolute atomic E-state index is 12.5. The van der Waals surface area contributed by atoms with Crippen LogP contribution in [0.5, 0.6) is 5.75 Å². The fourth-order valence-corrected chi connectivity index (χ4v) is 2.45. The van der Waals surface area contributed by atoms with Crippen molar-refractivity contribution in [1.82, 2.24) is 19.3 Å². The fourth-order valence-electron chi connectivity index (χ4n) is 2.45. The Balaban J connectivity index is 2.12. The van der Waals surface area contributed by atoms with Crippen molar-refractivity contribution < 1.29 is 5.11 Å². The van der Waals surface area contributed by atoms with Crippen LogP contribution >= 0.6 is 0 Å². The number of aromatic hydroxyl groups is 1. The van der Waals surface area contributed by atoms with Crippen molar-refractivity contribution in [1.29, 1.82) is 0 Å². The van der Waals surface area contributed by atoms with Gasteiger partial charge in [-0.3, -0.25) is 9.36 Å². The Kier molecular flexibility index (Phi) is 3.44. The number of phenolic OH excluding ortho intramolecular Hbond substituents is 1. The van der Waals surface area contributed by atoms with Crippen LogP contribution in [-0.4, -0.2) is 24.4 Å². The molecule has 0 unspecified atom stereocenters. The molecular weight excluding hydrogens is 280 g/mol. The predicted molar refractivity (Wildman–Crippen MR) is 84.1 cm³/mol. The average Bonchev–Trinajstić information content (AvgIpc) is 2.91. The van der Waals surface area contributed by atoms with Gasteiger partial charge in [0.15, 0.2) is 5.65 Å². The monoisotopic (exact) mass is 298 g/mol. The average molecular weight is 298 g/mol. The van der Waals surface area contributed by atoms with E-state index in [-0.39, 0.29) is 17.4 Å². The van der Waals surface area contributed by atoms with Crippen LogP contribution in [0.15, 0.2) is 35.3 Å². The van der Waals surface area contributed by atoms with E-state index in [1.165, 1.54) is 0 Å². The molecule has 0 aliphatic heterocycles. The topological polar surface area (TPSA) is 72.9 Å². The lowest BCUT2D eigenvalue weighted by molar-refractivity contribution is 0.475. The summed E-state index contributed by atoms with van der Waals surface area (Å²) in [7, 11) is 1.72. The molecule has 0 aliphatic rings. The summed E-state index contributed by atoms with van der Waals surface area (Å²) >= 11 is 0. The summed E-state index contributed by atoms with van der Waals surface area (Å²) in [5.41, 5.74) is 1.51. The van der Waals surface area contributed by atoms with Gasteiger partial charge < -0.3 is 5.11 Å². The molecule has 22 heavy (non-hydrogen) atoms. The summed E-state index contributed by atoms with van der Waals surface area (Å²) in [6.45, 7) is 4.01. The van der Waals surface area contributed by atoms with Gasteiger partial charge in [0.2, 0.25) is 0 Å². The highest BCUT2D eigenvalue weighted by Gasteiger charge is 2.14. The standard InChI is InChI=1S/C16H18N4O2/c1-10(2)20-15-13(9-17-20)16(22)19(3)14(18-15)8-11-4-6-12(21)7-5-11/h4-7,9-10,21H,8H2,1-3H3. The second-order valence-electron chi connectivity index (χ2n) is 5.66. The van der Waals surface area contributed by atoms with Crippen molar-refractivity contribution >= 4 is 11.0 Å². The molecule has 6 nitrogen and oxygen atoms in total. The van der Waals surface area contributed by atoms with E-state index in [0.29, 0.717) is 23.3 Å². The van der Waals surface area contributed by atoms with Crippen molar-refractivity contribution in [2.75, 3.05) is 0 Å². The Morgan fingerprint density at radius 3 is 2.55 bits per heavy atom. The third kappa shape index (κ3) is 2.36. The van der Waals surface area contributed by atoms with Gasteiger partial charge in [-0.15, -0.1) is 0 Å². The molecule has 0 saturated carbocycles. The minimum atomic E-state index is -0.0920. The molecule has 0 atom stereocenters. The van der Waals surface area contributed by atoms with Crippen LogP contribution in [-0.2, 0) is 13.5 Å². The Morgan fingerprint density at radius 1 is 1.23 bits per heavy atom. The molecule has 114 valence electrons. The number of hydrogen-bond acceptors (Lipinski definition) is 4. The van der Waals surface area contributed by atoms with E-state index < -0.39 is 0 Å². The summed E-state index contributed by atoms with van der Waals surface area (Å²) in [5, 5.41) is 14.1. The third-order valence-electron chi connectivity index (χ3n) is 3.71. The maximum Gasteiger partial charge on any atom is 0.264 e. The summed E-state index contributed by atoms with van der Waals surface area (Å²) in [6, 6.07) is 7.05. The number of hydrogen-bond donors (Lipinski definition) is 1. The zero-order chi connectivity index (χ0) is 15.9. The first-order chi connectivity index (χ1) is 10.5. The molecule has 0 amide bonds. The van der Waals surface area contributed by atoms with Crippen molar-refractivity contribution in [2.24, 2.45) is 7.05 Å². The van der Waals surface area contributed by atoms with Crippen molar-refractivity contribution in [2.45, 2.75) is 26.3 Å². The van der Waals surface area contributed by atoms with Crippen molar-refractivity contribution in [3.05, 3.63) is 52.2 Å². The SMILES string of the molecule is CC(C)n1ncc2c(=O)n(C)c(Cc3ccc(O)cc3)nc21. The van der Waals surface area contributed by atoms with Crippen LogP contribution in [0.1, 0.15) is 31.3 Å². The number of nitrogens with zero attached hydrogens (tertiary/aromatic N) is 4. The quantitative estimate of drug-likeness (QED) is 0.802. The molecular formula is C16H18N4O2. The first-order valence-corrected chi connectivity index (χ1v) is 7.18. The minimum absolute atomic E-state index is 0.0920. The molecule has 6 heteroatoms. The number of benzene rings is 1. The van der Waals surface area contributed by atoms with E-state index in [4.69, 9.17) is 0 Å². The second kappa shape index (κ2) is 5.29. The van der Waals surface area contributed by atoms with Crippen molar-refractivity contribution in [3.8, 4) is 5.75 Å². The van der Waals surface area contributed by atoms with E-state index in [9.17, 15) is 9.90 Å². The zero-order valence-electron chi connectivity index (χ0n) is 12.8. The first-order valence-electron chi connectivity index (χ1n) is 7.18. The summed E-state index contributed by atoms with van der Waals surface area (Å²) in [6.07, 6.45) is 2.10. The van der Waals surface area contributed by atoms with Gasteiger partial charge in [0.25, 0.3) is 5.56 Å². The first kappa shape index (κ1) is 14.3. The lowest BCUT2D eigenvalue weighted by Crippen LogP contribution is -2.23. The molecule has 0 aliphatic carbocycles. The van der Waals surface area contributed by atoms with Gasteiger partial charge in [0, 0.05) is 19.5 Å². The molecule has 0 bridgehead atoms. The highest BCUT2D eigenvalue weighted by Crippen LogP contribution is 2.16. The van der Waals surface area contributed by atoms with E-state index >= 15 is 0 Å². The molecule has 1 N–H and O–H groups in total. The third-order valence-corrected chi connectivity index (χ3v) is 3.71. The van der Waals surface area contributed by atoms with Crippen LogP contribution in [0.3, 0.4) is 0 Å². The molecule has 2 aromatic heterocycles. The second-order valence-corrected chi connectivity index (χ2v) is 5.66. The lowest BCUT2D eigenvalue weighted by atomic mass is 10.1. The van der Waals surface area contributed by atoms with E-state index in [1.807, 2.05) is 26.0 Å². The zero-order valence-corrected chi connectivity index (χ0v) is 12.8. The Hall–Kier alpha value is -2.63. The van der Waals surface area contributed by atoms with Crippen LogP contribution < -0.4 is 5.56 Å². The minimum Gasteiger partial charge on any atom is -0.508 e. The van der Waals surface area contributed by atoms with Gasteiger partial charge in [-0.1, -0.05) is 12.1 Å². The molecule has 2 heterocycles. The van der Waals surface area contributed by atoms with Crippen LogP contribution in [0.4, 0.5) is 0 Å². The van der Waals surface area contributed by atoms with Crippen LogP contribution in [0.25, 0.3) is 11.0 Å². The van der Waals surface area contributed by atoms with Gasteiger partial charge in [-0.2, -0.15) is 5.10 Å². The number of rotatable bonds is 3. The van der Waals surface area contributed by atoms with E-state index in [1.54, 1.807) is 34.6 Å². The predicted octanol–water partition coefficient (Wildman–Crippen LogP) is 2.01. The van der Waals surface area contributed by atoms with Gasteiger partial charge in [-0.05, 0) is 31.5 Å². The molecule has 0 fully saturated rings. The van der Waals surface area contributed by atoms with Gasteiger partial charge in [0.05, 0.1) is 6.20 Å². The molecule has 1 aromatic carbocycles. The largest absolute Gasteiger partial charge is 0.508 e. The summed E-state index contributed by atoms with van der Waals surface area (Å²) < 4.78 is 3.32. The highest BCUT2D eigenvalue weighted by molar-refractivity contribution is 5.73. The van der Waals surface area contributed by atoms with Gasteiger partial charge in [-0.25, -0.2) is 9.67 Å². The molecule has 0 saturated heterocycles. The molecule has 3 aromatic rings.